The molecule has 3 rings (SSSR count). The van der Waals surface area contributed by atoms with Crippen LogP contribution in [0.3, 0.4) is 0 Å². The molecule has 0 atom stereocenters. The van der Waals surface area contributed by atoms with Crippen LogP contribution in [0.15, 0.2) is 88.9 Å². The van der Waals surface area contributed by atoms with Gasteiger partial charge in [-0.1, -0.05) is 54.1 Å². The molecule has 3 aromatic carbocycles. The van der Waals surface area contributed by atoms with Gasteiger partial charge in [-0.25, -0.2) is 18.2 Å². The van der Waals surface area contributed by atoms with Gasteiger partial charge in [-0.3, -0.25) is 4.79 Å². The van der Waals surface area contributed by atoms with Crippen LogP contribution < -0.4 is 5.43 Å². The first-order valence-electron chi connectivity index (χ1n) is 9.72. The summed E-state index contributed by atoms with van der Waals surface area (Å²) in [6.45, 7) is -0.317. The molecule has 3 aromatic rings. The van der Waals surface area contributed by atoms with E-state index in [1.54, 1.807) is 0 Å². The maximum absolute atomic E-state index is 13.2. The lowest BCUT2D eigenvalue weighted by atomic mass is 10.1. The molecule has 6 nitrogen and oxygen atoms in total. The molecule has 0 radical (unpaired) electrons. The molecule has 0 aromatic heterocycles. The van der Waals surface area contributed by atoms with Gasteiger partial charge in [0, 0.05) is 11.6 Å². The number of sulfonamides is 1. The fourth-order valence-corrected chi connectivity index (χ4v) is 4.38. The molecule has 0 heterocycles. The Kier molecular flexibility index (Phi) is 8.10. The normalized spacial score (nSPS) is 11.7. The molecule has 1 N–H and O–H groups in total. The van der Waals surface area contributed by atoms with Crippen molar-refractivity contribution in [1.82, 2.24) is 9.73 Å². The van der Waals surface area contributed by atoms with E-state index in [1.807, 2.05) is 30.3 Å². The second-order valence-electron chi connectivity index (χ2n) is 6.87. The monoisotopic (exact) mass is 473 g/mol. The standard InChI is InChI=1S/C23H21ClFN3O3S/c24-20-8-12-22(13-9-20)32(30,31)28(15-14-18-4-2-1-3-5-18)17-23(29)27-26-16-19-6-10-21(25)11-7-19/h1-13,16H,14-15,17H2,(H,27,29)/b26-16-. The zero-order valence-electron chi connectivity index (χ0n) is 17.0. The lowest BCUT2D eigenvalue weighted by molar-refractivity contribution is -0.121. The molecule has 0 fully saturated rings. The molecular formula is C23H21ClFN3O3S. The van der Waals surface area contributed by atoms with Crippen LogP contribution in [-0.4, -0.2) is 37.9 Å². The molecule has 0 saturated carbocycles. The molecule has 0 aliphatic carbocycles. The Morgan fingerprint density at radius 3 is 2.31 bits per heavy atom. The molecule has 0 spiro atoms. The Hall–Kier alpha value is -3.07. The van der Waals surface area contributed by atoms with Gasteiger partial charge in [0.25, 0.3) is 5.91 Å². The number of nitrogens with zero attached hydrogens (tertiary/aromatic N) is 2. The minimum absolute atomic E-state index is 0.0394. The number of halogens is 2. The van der Waals surface area contributed by atoms with Gasteiger partial charge in [0.05, 0.1) is 17.7 Å². The molecule has 0 saturated heterocycles. The van der Waals surface area contributed by atoms with Crippen LogP contribution in [0.1, 0.15) is 11.1 Å². The molecular weight excluding hydrogens is 453 g/mol. The fraction of sp³-hybridized carbons (Fsp3) is 0.130. The summed E-state index contributed by atoms with van der Waals surface area (Å²) in [7, 11) is -3.94. The third kappa shape index (κ3) is 6.71. The summed E-state index contributed by atoms with van der Waals surface area (Å²) in [4.78, 5) is 12.5. The maximum Gasteiger partial charge on any atom is 0.255 e. The van der Waals surface area contributed by atoms with Crippen LogP contribution in [0.2, 0.25) is 5.02 Å². The van der Waals surface area contributed by atoms with E-state index in [9.17, 15) is 17.6 Å². The van der Waals surface area contributed by atoms with Crippen LogP contribution in [-0.2, 0) is 21.2 Å². The topological polar surface area (TPSA) is 78.8 Å². The van der Waals surface area contributed by atoms with Gasteiger partial charge >= 0.3 is 0 Å². The van der Waals surface area contributed by atoms with E-state index >= 15 is 0 Å². The zero-order chi connectivity index (χ0) is 23.0. The van der Waals surface area contributed by atoms with Crippen molar-refractivity contribution in [2.45, 2.75) is 11.3 Å². The zero-order valence-corrected chi connectivity index (χ0v) is 18.6. The SMILES string of the molecule is O=C(CN(CCc1ccccc1)S(=O)(=O)c1ccc(Cl)cc1)N/N=C\c1ccc(F)cc1. The first kappa shape index (κ1) is 23.6. The molecule has 32 heavy (non-hydrogen) atoms. The largest absolute Gasteiger partial charge is 0.272 e. The highest BCUT2D eigenvalue weighted by atomic mass is 35.5. The average molecular weight is 474 g/mol. The van der Waals surface area contributed by atoms with E-state index < -0.39 is 22.5 Å². The highest BCUT2D eigenvalue weighted by Gasteiger charge is 2.26. The van der Waals surface area contributed by atoms with Gasteiger partial charge in [-0.15, -0.1) is 0 Å². The lowest BCUT2D eigenvalue weighted by Gasteiger charge is -2.21. The number of benzene rings is 3. The van der Waals surface area contributed by atoms with Gasteiger partial charge in [-0.05, 0) is 53.9 Å². The molecule has 1 amide bonds. The van der Waals surface area contributed by atoms with E-state index in [0.29, 0.717) is 17.0 Å². The van der Waals surface area contributed by atoms with Gasteiger partial charge in [-0.2, -0.15) is 9.41 Å². The van der Waals surface area contributed by atoms with Crippen molar-refractivity contribution in [3.05, 3.63) is 101 Å². The number of carbonyl (C=O) groups excluding carboxylic acids is 1. The fourth-order valence-electron chi connectivity index (χ4n) is 2.86. The van der Waals surface area contributed by atoms with Crippen LogP contribution in [0.25, 0.3) is 0 Å². The second-order valence-corrected chi connectivity index (χ2v) is 9.25. The molecule has 9 heteroatoms. The third-order valence-electron chi connectivity index (χ3n) is 4.54. The van der Waals surface area contributed by atoms with E-state index in [2.05, 4.69) is 10.5 Å². The highest BCUT2D eigenvalue weighted by molar-refractivity contribution is 7.89. The van der Waals surface area contributed by atoms with Crippen molar-refractivity contribution in [3.8, 4) is 0 Å². The summed E-state index contributed by atoms with van der Waals surface area (Å²) in [5.74, 6) is -0.985. The number of amides is 1. The van der Waals surface area contributed by atoms with Crippen LogP contribution >= 0.6 is 11.6 Å². The predicted octanol–water partition coefficient (Wildman–Crippen LogP) is 3.86. The van der Waals surface area contributed by atoms with Gasteiger partial charge in [0.15, 0.2) is 0 Å². The molecule has 0 unspecified atom stereocenters. The highest BCUT2D eigenvalue weighted by Crippen LogP contribution is 2.19. The smallest absolute Gasteiger partial charge is 0.255 e. The Labute approximate surface area is 191 Å². The third-order valence-corrected chi connectivity index (χ3v) is 6.65. The van der Waals surface area contributed by atoms with E-state index in [4.69, 9.17) is 11.6 Å². The van der Waals surface area contributed by atoms with E-state index in [1.165, 1.54) is 54.7 Å². The van der Waals surface area contributed by atoms with Crippen molar-refractivity contribution in [3.63, 3.8) is 0 Å². The molecule has 0 bridgehead atoms. The second kappa shape index (κ2) is 11.0. The number of hydrazone groups is 1. The summed E-state index contributed by atoms with van der Waals surface area (Å²) in [5, 5.41) is 4.23. The maximum atomic E-state index is 13.2. The Morgan fingerprint density at radius 2 is 1.66 bits per heavy atom. The van der Waals surface area contributed by atoms with Crippen LogP contribution in [0.4, 0.5) is 4.39 Å². The van der Waals surface area contributed by atoms with Crippen molar-refractivity contribution < 1.29 is 17.6 Å². The van der Waals surface area contributed by atoms with Crippen molar-refractivity contribution >= 4 is 33.7 Å². The van der Waals surface area contributed by atoms with Gasteiger partial charge in [0.2, 0.25) is 10.0 Å². The Morgan fingerprint density at radius 1 is 1.00 bits per heavy atom. The first-order chi connectivity index (χ1) is 15.3. The van der Waals surface area contributed by atoms with Crippen molar-refractivity contribution in [2.24, 2.45) is 5.10 Å². The van der Waals surface area contributed by atoms with Crippen molar-refractivity contribution in [1.29, 1.82) is 0 Å². The number of hydrogen-bond donors (Lipinski definition) is 1. The predicted molar refractivity (Wildman–Crippen MR) is 122 cm³/mol. The number of hydrogen-bond acceptors (Lipinski definition) is 4. The minimum Gasteiger partial charge on any atom is -0.272 e. The van der Waals surface area contributed by atoms with Crippen LogP contribution in [0, 0.1) is 5.82 Å². The van der Waals surface area contributed by atoms with E-state index in [0.717, 1.165) is 9.87 Å². The Balaban J connectivity index is 1.72. The summed E-state index contributed by atoms with van der Waals surface area (Å²) in [6.07, 6.45) is 1.78. The Bertz CT molecular complexity index is 1170. The summed E-state index contributed by atoms with van der Waals surface area (Å²) in [6, 6.07) is 20.7. The molecule has 0 aliphatic heterocycles. The quantitative estimate of drug-likeness (QED) is 0.378. The number of nitrogens with one attached hydrogen (secondary N) is 1. The summed E-state index contributed by atoms with van der Waals surface area (Å²) in [5.41, 5.74) is 3.84. The first-order valence-corrected chi connectivity index (χ1v) is 11.5. The van der Waals surface area contributed by atoms with Gasteiger partial charge in [0.1, 0.15) is 5.82 Å². The number of carbonyl (C=O) groups is 1. The summed E-state index contributed by atoms with van der Waals surface area (Å²) < 4.78 is 40.4. The average Bonchev–Trinajstić information content (AvgIpc) is 2.79. The summed E-state index contributed by atoms with van der Waals surface area (Å²) >= 11 is 5.87. The molecule has 0 aliphatic rings. The lowest BCUT2D eigenvalue weighted by Crippen LogP contribution is -2.40. The van der Waals surface area contributed by atoms with Gasteiger partial charge < -0.3 is 0 Å². The molecule has 166 valence electrons. The van der Waals surface area contributed by atoms with Crippen molar-refractivity contribution in [2.75, 3.05) is 13.1 Å². The minimum atomic E-state index is -3.94. The van der Waals surface area contributed by atoms with E-state index in [-0.39, 0.29) is 17.3 Å². The number of rotatable bonds is 9. The van der Waals surface area contributed by atoms with Crippen LogP contribution in [0.5, 0.6) is 0 Å².